The molecule has 3 aromatic rings. The van der Waals surface area contributed by atoms with Gasteiger partial charge in [-0.2, -0.15) is 0 Å². The van der Waals surface area contributed by atoms with Crippen LogP contribution in [-0.2, 0) is 6.54 Å². The summed E-state index contributed by atoms with van der Waals surface area (Å²) in [5.41, 5.74) is 1.18. The number of nitrogens with zero attached hydrogens (tertiary/aromatic N) is 2. The maximum atomic E-state index is 13.2. The molecule has 2 aromatic carbocycles. The maximum absolute atomic E-state index is 13.2. The van der Waals surface area contributed by atoms with Gasteiger partial charge in [0.2, 0.25) is 0 Å². The highest BCUT2D eigenvalue weighted by Crippen LogP contribution is 2.14. The highest BCUT2D eigenvalue weighted by molar-refractivity contribution is 6.30. The van der Waals surface area contributed by atoms with Gasteiger partial charge in [-0.05, 0) is 29.8 Å². The van der Waals surface area contributed by atoms with Crippen molar-refractivity contribution in [3.63, 3.8) is 0 Å². The second-order valence-electron chi connectivity index (χ2n) is 5.35. The SMILES string of the molecule is O=C(Nc1ccc(F)c(F)c1)c1cnc(NCc2ccc(Cl)cc2)cn1. The third-order valence-electron chi connectivity index (χ3n) is 3.45. The molecule has 5 nitrogen and oxygen atoms in total. The predicted molar refractivity (Wildman–Crippen MR) is 95.1 cm³/mol. The maximum Gasteiger partial charge on any atom is 0.275 e. The van der Waals surface area contributed by atoms with Crippen molar-refractivity contribution in [1.82, 2.24) is 9.97 Å². The van der Waals surface area contributed by atoms with E-state index in [1.165, 1.54) is 18.5 Å². The second kappa shape index (κ2) is 7.88. The number of aromatic nitrogens is 2. The number of benzene rings is 2. The summed E-state index contributed by atoms with van der Waals surface area (Å²) in [5.74, 6) is -2.12. The van der Waals surface area contributed by atoms with Crippen LogP contribution in [0.25, 0.3) is 0 Å². The van der Waals surface area contributed by atoms with E-state index in [4.69, 9.17) is 11.6 Å². The Labute approximate surface area is 153 Å². The number of hydrogen-bond acceptors (Lipinski definition) is 4. The van der Waals surface area contributed by atoms with Gasteiger partial charge in [0.1, 0.15) is 11.5 Å². The number of amides is 1. The van der Waals surface area contributed by atoms with E-state index in [1.807, 2.05) is 12.1 Å². The van der Waals surface area contributed by atoms with E-state index in [9.17, 15) is 13.6 Å². The summed E-state index contributed by atoms with van der Waals surface area (Å²) in [5, 5.41) is 6.16. The van der Waals surface area contributed by atoms with Gasteiger partial charge in [0.25, 0.3) is 5.91 Å². The zero-order valence-electron chi connectivity index (χ0n) is 13.3. The van der Waals surface area contributed by atoms with E-state index in [0.29, 0.717) is 17.4 Å². The topological polar surface area (TPSA) is 66.9 Å². The van der Waals surface area contributed by atoms with Gasteiger partial charge >= 0.3 is 0 Å². The first-order valence-electron chi connectivity index (χ1n) is 7.58. The summed E-state index contributed by atoms with van der Waals surface area (Å²) < 4.78 is 26.1. The third kappa shape index (κ3) is 4.52. The fraction of sp³-hybridized carbons (Fsp3) is 0.0556. The number of anilines is 2. The largest absolute Gasteiger partial charge is 0.365 e. The molecule has 2 N–H and O–H groups in total. The van der Waals surface area contributed by atoms with Crippen LogP contribution in [0.3, 0.4) is 0 Å². The minimum absolute atomic E-state index is 0.0479. The van der Waals surface area contributed by atoms with Crippen LogP contribution >= 0.6 is 11.6 Å². The Kier molecular flexibility index (Phi) is 5.38. The highest BCUT2D eigenvalue weighted by atomic mass is 35.5. The fourth-order valence-corrected chi connectivity index (χ4v) is 2.23. The standard InChI is InChI=1S/C18H13ClF2N4O/c19-12-3-1-11(2-4-12)8-23-17-10-22-16(9-24-17)18(26)25-13-5-6-14(20)15(21)7-13/h1-7,9-10H,8H2,(H,23,24)(H,25,26). The molecule has 1 heterocycles. The van der Waals surface area contributed by atoms with Crippen molar-refractivity contribution >= 4 is 29.0 Å². The zero-order chi connectivity index (χ0) is 18.5. The van der Waals surface area contributed by atoms with Gasteiger partial charge in [-0.15, -0.1) is 0 Å². The number of hydrogen-bond donors (Lipinski definition) is 2. The summed E-state index contributed by atoms with van der Waals surface area (Å²) in [4.78, 5) is 20.2. The summed E-state index contributed by atoms with van der Waals surface area (Å²) in [6.07, 6.45) is 2.70. The summed E-state index contributed by atoms with van der Waals surface area (Å²) in [6, 6.07) is 10.4. The molecule has 0 saturated heterocycles. The molecule has 0 radical (unpaired) electrons. The quantitative estimate of drug-likeness (QED) is 0.699. The van der Waals surface area contributed by atoms with Crippen LogP contribution in [0.1, 0.15) is 16.1 Å². The Hall–Kier alpha value is -3.06. The summed E-state index contributed by atoms with van der Waals surface area (Å²) >= 11 is 5.83. The van der Waals surface area contributed by atoms with Crippen LogP contribution in [0.4, 0.5) is 20.3 Å². The average Bonchev–Trinajstić information content (AvgIpc) is 2.65. The Morgan fingerprint density at radius 1 is 1.00 bits per heavy atom. The van der Waals surface area contributed by atoms with Crippen LogP contribution in [0.15, 0.2) is 54.9 Å². The van der Waals surface area contributed by atoms with Gasteiger partial charge in [0.15, 0.2) is 11.6 Å². The van der Waals surface area contributed by atoms with E-state index >= 15 is 0 Å². The van der Waals surface area contributed by atoms with Gasteiger partial charge in [-0.1, -0.05) is 23.7 Å². The van der Waals surface area contributed by atoms with E-state index in [-0.39, 0.29) is 11.4 Å². The summed E-state index contributed by atoms with van der Waals surface area (Å²) in [6.45, 7) is 0.520. The monoisotopic (exact) mass is 374 g/mol. The first-order valence-corrected chi connectivity index (χ1v) is 7.96. The number of carbonyl (C=O) groups is 1. The van der Waals surface area contributed by atoms with Crippen LogP contribution in [0.2, 0.25) is 5.02 Å². The van der Waals surface area contributed by atoms with Crippen molar-refractivity contribution in [2.24, 2.45) is 0 Å². The average molecular weight is 375 g/mol. The molecule has 0 aliphatic carbocycles. The van der Waals surface area contributed by atoms with Crippen LogP contribution < -0.4 is 10.6 Å². The van der Waals surface area contributed by atoms with Gasteiger partial charge in [-0.3, -0.25) is 4.79 Å². The highest BCUT2D eigenvalue weighted by Gasteiger charge is 2.10. The van der Waals surface area contributed by atoms with E-state index in [0.717, 1.165) is 17.7 Å². The molecule has 0 aliphatic rings. The van der Waals surface area contributed by atoms with Gasteiger partial charge in [-0.25, -0.2) is 18.7 Å². The zero-order valence-corrected chi connectivity index (χ0v) is 14.1. The van der Waals surface area contributed by atoms with Crippen LogP contribution in [-0.4, -0.2) is 15.9 Å². The van der Waals surface area contributed by atoms with Gasteiger partial charge < -0.3 is 10.6 Å². The lowest BCUT2D eigenvalue weighted by Gasteiger charge is -2.07. The first-order chi connectivity index (χ1) is 12.5. The number of nitrogens with one attached hydrogen (secondary N) is 2. The third-order valence-corrected chi connectivity index (χ3v) is 3.70. The number of rotatable bonds is 5. The van der Waals surface area contributed by atoms with Gasteiger partial charge in [0.05, 0.1) is 12.4 Å². The molecule has 0 fully saturated rings. The lowest BCUT2D eigenvalue weighted by Crippen LogP contribution is -2.14. The van der Waals surface area contributed by atoms with Crippen molar-refractivity contribution in [2.75, 3.05) is 10.6 Å². The molecule has 0 atom stereocenters. The first kappa shape index (κ1) is 17.8. The van der Waals surface area contributed by atoms with E-state index in [1.54, 1.807) is 12.1 Å². The Morgan fingerprint density at radius 3 is 2.42 bits per heavy atom. The molecular formula is C18H13ClF2N4O. The molecule has 26 heavy (non-hydrogen) atoms. The van der Waals surface area contributed by atoms with Gasteiger partial charge in [0, 0.05) is 23.3 Å². The number of carbonyl (C=O) groups excluding carboxylic acids is 1. The van der Waals surface area contributed by atoms with Crippen LogP contribution in [0, 0.1) is 11.6 Å². The minimum Gasteiger partial charge on any atom is -0.365 e. The number of halogens is 3. The fourth-order valence-electron chi connectivity index (χ4n) is 2.10. The molecule has 0 aliphatic heterocycles. The molecular weight excluding hydrogens is 362 g/mol. The Balaban J connectivity index is 1.60. The van der Waals surface area contributed by atoms with Crippen molar-refractivity contribution in [1.29, 1.82) is 0 Å². The Bertz CT molecular complexity index is 917. The minimum atomic E-state index is -1.05. The molecule has 8 heteroatoms. The van der Waals surface area contributed by atoms with E-state index < -0.39 is 17.5 Å². The lowest BCUT2D eigenvalue weighted by atomic mass is 10.2. The molecule has 3 rings (SSSR count). The molecule has 132 valence electrons. The Morgan fingerprint density at radius 2 is 1.77 bits per heavy atom. The molecule has 1 amide bonds. The van der Waals surface area contributed by atoms with E-state index in [2.05, 4.69) is 20.6 Å². The molecule has 0 unspecified atom stereocenters. The predicted octanol–water partition coefficient (Wildman–Crippen LogP) is 4.27. The lowest BCUT2D eigenvalue weighted by molar-refractivity contribution is 0.102. The second-order valence-corrected chi connectivity index (χ2v) is 5.79. The molecule has 0 spiro atoms. The van der Waals surface area contributed by atoms with Crippen molar-refractivity contribution in [3.05, 3.63) is 82.8 Å². The van der Waals surface area contributed by atoms with Crippen LogP contribution in [0.5, 0.6) is 0 Å². The summed E-state index contributed by atoms with van der Waals surface area (Å²) in [7, 11) is 0. The van der Waals surface area contributed by atoms with Crippen molar-refractivity contribution in [3.8, 4) is 0 Å². The van der Waals surface area contributed by atoms with Crippen molar-refractivity contribution in [2.45, 2.75) is 6.54 Å². The molecule has 0 bridgehead atoms. The normalized spacial score (nSPS) is 10.4. The van der Waals surface area contributed by atoms with Crippen molar-refractivity contribution < 1.29 is 13.6 Å². The molecule has 0 saturated carbocycles. The molecule has 1 aromatic heterocycles. The smallest absolute Gasteiger partial charge is 0.275 e.